The Labute approximate surface area is 118 Å². The van der Waals surface area contributed by atoms with Gasteiger partial charge in [0.05, 0.1) is 7.11 Å². The third-order valence-electron chi connectivity index (χ3n) is 3.41. The zero-order chi connectivity index (χ0) is 14.5. The summed E-state index contributed by atoms with van der Waals surface area (Å²) in [7, 11) is 1.55. The number of benzene rings is 1. The summed E-state index contributed by atoms with van der Waals surface area (Å²) in [6, 6.07) is 6.68. The van der Waals surface area contributed by atoms with Gasteiger partial charge in [0.1, 0.15) is 11.6 Å². The summed E-state index contributed by atoms with van der Waals surface area (Å²) in [4.78, 5) is 4.11. The Morgan fingerprint density at radius 1 is 1.35 bits per heavy atom. The van der Waals surface area contributed by atoms with Crippen molar-refractivity contribution in [2.24, 2.45) is 0 Å². The van der Waals surface area contributed by atoms with Gasteiger partial charge in [-0.2, -0.15) is 0 Å². The number of halogens is 1. The predicted octanol–water partition coefficient (Wildman–Crippen LogP) is 3.39. The van der Waals surface area contributed by atoms with E-state index >= 15 is 0 Å². The molecule has 0 aliphatic rings. The van der Waals surface area contributed by atoms with Crippen LogP contribution in [0.2, 0.25) is 0 Å². The minimum atomic E-state index is -0.257. The maximum Gasteiger partial charge on any atom is 0.131 e. The molecule has 1 atom stereocenters. The number of rotatable bonds is 5. The molecule has 1 heterocycles. The number of aryl methyl sites for hydroxylation is 1. The summed E-state index contributed by atoms with van der Waals surface area (Å²) in [5.74, 6) is 0.306. The van der Waals surface area contributed by atoms with E-state index in [4.69, 9.17) is 4.74 Å². The number of pyridine rings is 1. The minimum absolute atomic E-state index is 0.147. The number of hydrogen-bond acceptors (Lipinski definition) is 3. The van der Waals surface area contributed by atoms with Gasteiger partial charge >= 0.3 is 0 Å². The third-order valence-corrected chi connectivity index (χ3v) is 3.41. The molecule has 0 fully saturated rings. The first-order chi connectivity index (χ1) is 9.63. The Balaban J connectivity index is 2.13. The van der Waals surface area contributed by atoms with Gasteiger partial charge in [0.25, 0.3) is 0 Å². The number of methoxy groups -OCH3 is 1. The van der Waals surface area contributed by atoms with E-state index in [1.54, 1.807) is 25.4 Å². The third kappa shape index (κ3) is 3.14. The highest BCUT2D eigenvalue weighted by Gasteiger charge is 2.16. The van der Waals surface area contributed by atoms with Crippen molar-refractivity contribution < 1.29 is 9.13 Å². The number of hydrogen-bond donors (Lipinski definition) is 1. The van der Waals surface area contributed by atoms with Gasteiger partial charge in [-0.25, -0.2) is 4.39 Å². The summed E-state index contributed by atoms with van der Waals surface area (Å²) < 4.78 is 19.2. The number of nitrogens with one attached hydrogen (secondary N) is 1. The summed E-state index contributed by atoms with van der Waals surface area (Å²) in [5.41, 5.74) is 2.83. The van der Waals surface area contributed by atoms with Crippen LogP contribution in [0.3, 0.4) is 0 Å². The quantitative estimate of drug-likeness (QED) is 0.907. The first-order valence-corrected chi connectivity index (χ1v) is 6.58. The average Bonchev–Trinajstić information content (AvgIpc) is 2.45. The van der Waals surface area contributed by atoms with Gasteiger partial charge in [0.2, 0.25) is 0 Å². The molecule has 0 saturated heterocycles. The Bertz CT molecular complexity index is 586. The fourth-order valence-corrected chi connectivity index (χ4v) is 2.16. The highest BCUT2D eigenvalue weighted by Crippen LogP contribution is 2.27. The molecule has 0 aliphatic heterocycles. The molecule has 1 N–H and O–H groups in total. The molecule has 1 unspecified atom stereocenters. The summed E-state index contributed by atoms with van der Waals surface area (Å²) in [6.07, 6.45) is 3.59. The van der Waals surface area contributed by atoms with E-state index in [1.165, 1.54) is 11.6 Å². The van der Waals surface area contributed by atoms with Crippen molar-refractivity contribution in [1.29, 1.82) is 0 Å². The van der Waals surface area contributed by atoms with E-state index < -0.39 is 0 Å². The molecule has 20 heavy (non-hydrogen) atoms. The molecule has 3 nitrogen and oxygen atoms in total. The first-order valence-electron chi connectivity index (χ1n) is 6.58. The SMILES string of the molecule is COc1cccc(F)c1C(C)NCc1cnccc1C. The molecule has 2 aromatic rings. The normalized spacial score (nSPS) is 12.2. The van der Waals surface area contributed by atoms with E-state index in [0.29, 0.717) is 17.9 Å². The van der Waals surface area contributed by atoms with Gasteiger partial charge in [-0.3, -0.25) is 4.98 Å². The van der Waals surface area contributed by atoms with Crippen LogP contribution >= 0.6 is 0 Å². The van der Waals surface area contributed by atoms with Crippen LogP contribution in [0.4, 0.5) is 4.39 Å². The zero-order valence-electron chi connectivity index (χ0n) is 12.0. The predicted molar refractivity (Wildman–Crippen MR) is 77.2 cm³/mol. The lowest BCUT2D eigenvalue weighted by Crippen LogP contribution is -2.20. The second kappa shape index (κ2) is 6.48. The van der Waals surface area contributed by atoms with Crippen LogP contribution in [-0.4, -0.2) is 12.1 Å². The van der Waals surface area contributed by atoms with Crippen molar-refractivity contribution in [2.75, 3.05) is 7.11 Å². The summed E-state index contributed by atoms with van der Waals surface area (Å²) >= 11 is 0. The van der Waals surface area contributed by atoms with Crippen LogP contribution < -0.4 is 10.1 Å². The van der Waals surface area contributed by atoms with Crippen LogP contribution in [0.1, 0.15) is 29.7 Å². The van der Waals surface area contributed by atoms with Crippen molar-refractivity contribution in [2.45, 2.75) is 26.4 Å². The molecule has 0 amide bonds. The van der Waals surface area contributed by atoms with E-state index in [0.717, 1.165) is 5.56 Å². The van der Waals surface area contributed by atoms with Gasteiger partial charge in [-0.15, -0.1) is 0 Å². The van der Waals surface area contributed by atoms with Crippen molar-refractivity contribution in [3.63, 3.8) is 0 Å². The van der Waals surface area contributed by atoms with Crippen LogP contribution in [0.5, 0.6) is 5.75 Å². The van der Waals surface area contributed by atoms with Gasteiger partial charge in [0, 0.05) is 30.5 Å². The Morgan fingerprint density at radius 3 is 2.85 bits per heavy atom. The molecule has 0 bridgehead atoms. The molecule has 106 valence electrons. The lowest BCUT2D eigenvalue weighted by molar-refractivity contribution is 0.393. The van der Waals surface area contributed by atoms with Crippen LogP contribution in [0.15, 0.2) is 36.7 Å². The fourth-order valence-electron chi connectivity index (χ4n) is 2.16. The molecule has 4 heteroatoms. The molecule has 1 aromatic carbocycles. The van der Waals surface area contributed by atoms with Crippen molar-refractivity contribution in [3.05, 3.63) is 59.2 Å². The molecule has 0 aliphatic carbocycles. The number of aromatic nitrogens is 1. The topological polar surface area (TPSA) is 34.1 Å². The largest absolute Gasteiger partial charge is 0.496 e. The molecular formula is C16H19FN2O. The van der Waals surface area contributed by atoms with Crippen LogP contribution in [-0.2, 0) is 6.54 Å². The van der Waals surface area contributed by atoms with E-state index in [1.807, 2.05) is 26.1 Å². The number of nitrogens with zero attached hydrogens (tertiary/aromatic N) is 1. The summed E-state index contributed by atoms with van der Waals surface area (Å²) in [5, 5.41) is 3.31. The molecule has 0 spiro atoms. The second-order valence-corrected chi connectivity index (χ2v) is 4.76. The summed E-state index contributed by atoms with van der Waals surface area (Å²) in [6.45, 7) is 4.60. The monoisotopic (exact) mass is 274 g/mol. The van der Waals surface area contributed by atoms with E-state index in [-0.39, 0.29) is 11.9 Å². The Hall–Kier alpha value is -1.94. The molecule has 2 rings (SSSR count). The van der Waals surface area contributed by atoms with Crippen molar-refractivity contribution in [3.8, 4) is 5.75 Å². The van der Waals surface area contributed by atoms with E-state index in [2.05, 4.69) is 10.3 Å². The lowest BCUT2D eigenvalue weighted by atomic mass is 10.1. The molecular weight excluding hydrogens is 255 g/mol. The molecule has 0 saturated carbocycles. The number of ether oxygens (including phenoxy) is 1. The zero-order valence-corrected chi connectivity index (χ0v) is 12.0. The van der Waals surface area contributed by atoms with Gasteiger partial charge in [-0.1, -0.05) is 6.07 Å². The highest BCUT2D eigenvalue weighted by molar-refractivity contribution is 5.37. The standard InChI is InChI=1S/C16H19FN2O/c1-11-7-8-18-9-13(11)10-19-12(2)16-14(17)5-4-6-15(16)20-3/h4-9,12,19H,10H2,1-3H3. The van der Waals surface area contributed by atoms with Gasteiger partial charge < -0.3 is 10.1 Å². The second-order valence-electron chi connectivity index (χ2n) is 4.76. The maximum atomic E-state index is 14.0. The molecule has 1 aromatic heterocycles. The van der Waals surface area contributed by atoms with Gasteiger partial charge in [-0.05, 0) is 43.2 Å². The fraction of sp³-hybridized carbons (Fsp3) is 0.312. The Morgan fingerprint density at radius 2 is 2.15 bits per heavy atom. The van der Waals surface area contributed by atoms with Gasteiger partial charge in [0.15, 0.2) is 0 Å². The first kappa shape index (κ1) is 14.5. The van der Waals surface area contributed by atoms with E-state index in [9.17, 15) is 4.39 Å². The van der Waals surface area contributed by atoms with Crippen LogP contribution in [0, 0.1) is 12.7 Å². The minimum Gasteiger partial charge on any atom is -0.496 e. The maximum absolute atomic E-state index is 14.0. The average molecular weight is 274 g/mol. The Kier molecular flexibility index (Phi) is 4.69. The smallest absolute Gasteiger partial charge is 0.131 e. The van der Waals surface area contributed by atoms with Crippen molar-refractivity contribution >= 4 is 0 Å². The van der Waals surface area contributed by atoms with Crippen molar-refractivity contribution in [1.82, 2.24) is 10.3 Å². The molecule has 0 radical (unpaired) electrons. The van der Waals surface area contributed by atoms with Crippen LogP contribution in [0.25, 0.3) is 0 Å². The lowest BCUT2D eigenvalue weighted by Gasteiger charge is -2.18. The highest BCUT2D eigenvalue weighted by atomic mass is 19.1.